The summed E-state index contributed by atoms with van der Waals surface area (Å²) in [6.45, 7) is 3.37. The zero-order chi connectivity index (χ0) is 14.3. The Hall–Kier alpha value is -2.06. The maximum atomic E-state index is 11.6. The van der Waals surface area contributed by atoms with Crippen molar-refractivity contribution < 1.29 is 9.53 Å². The quantitative estimate of drug-likeness (QED) is 0.834. The van der Waals surface area contributed by atoms with Gasteiger partial charge in [-0.2, -0.15) is 5.26 Å². The Labute approximate surface area is 113 Å². The number of methoxy groups -OCH3 is 1. The maximum absolute atomic E-state index is 11.6. The van der Waals surface area contributed by atoms with E-state index in [4.69, 9.17) is 10.00 Å². The number of ether oxygens (including phenoxy) is 1. The van der Waals surface area contributed by atoms with Gasteiger partial charge in [0.2, 0.25) is 5.91 Å². The number of hydrogen-bond acceptors (Lipinski definition) is 4. The van der Waals surface area contributed by atoms with E-state index in [1.54, 1.807) is 37.3 Å². The van der Waals surface area contributed by atoms with Gasteiger partial charge in [-0.1, -0.05) is 0 Å². The average Bonchev–Trinajstić information content (AvgIpc) is 2.45. The van der Waals surface area contributed by atoms with E-state index in [9.17, 15) is 4.79 Å². The Morgan fingerprint density at radius 2 is 2.26 bits per heavy atom. The molecule has 0 aliphatic rings. The van der Waals surface area contributed by atoms with Crippen LogP contribution in [0.2, 0.25) is 0 Å². The minimum atomic E-state index is 0.0397. The highest BCUT2D eigenvalue weighted by molar-refractivity contribution is 5.77. The molecule has 5 heteroatoms. The van der Waals surface area contributed by atoms with Crippen molar-refractivity contribution in [3.05, 3.63) is 29.3 Å². The Balaban J connectivity index is 2.62. The molecule has 0 aliphatic heterocycles. The Kier molecular flexibility index (Phi) is 5.83. The van der Waals surface area contributed by atoms with E-state index in [-0.39, 0.29) is 12.5 Å². The first-order valence-corrected chi connectivity index (χ1v) is 6.14. The average molecular weight is 261 g/mol. The number of nitrogens with one attached hydrogen (secondary N) is 1. The van der Waals surface area contributed by atoms with Gasteiger partial charge in [-0.25, -0.2) is 0 Å². The first kappa shape index (κ1) is 15.0. The maximum Gasteiger partial charge on any atom is 0.236 e. The van der Waals surface area contributed by atoms with Crippen LogP contribution in [0.3, 0.4) is 0 Å². The number of benzene rings is 1. The molecule has 1 aromatic rings. The molecule has 0 aliphatic carbocycles. The zero-order valence-corrected chi connectivity index (χ0v) is 11.6. The van der Waals surface area contributed by atoms with Gasteiger partial charge in [-0.15, -0.1) is 0 Å². The fourth-order valence-corrected chi connectivity index (χ4v) is 1.60. The van der Waals surface area contributed by atoms with Crippen molar-refractivity contribution in [2.75, 3.05) is 27.2 Å². The van der Waals surface area contributed by atoms with E-state index in [0.717, 1.165) is 5.56 Å². The van der Waals surface area contributed by atoms with Crippen LogP contribution in [0.4, 0.5) is 0 Å². The second-order valence-electron chi connectivity index (χ2n) is 4.15. The fourth-order valence-electron chi connectivity index (χ4n) is 1.60. The standard InChI is InChI=1S/C14H19N3O2/c1-4-17(2)14(18)10-16-9-12-7-11(8-15)5-6-13(12)19-3/h5-7,16H,4,9-10H2,1-3H3. The van der Waals surface area contributed by atoms with Gasteiger partial charge >= 0.3 is 0 Å². The topological polar surface area (TPSA) is 65.4 Å². The molecule has 0 atom stereocenters. The highest BCUT2D eigenvalue weighted by Crippen LogP contribution is 2.19. The molecule has 5 nitrogen and oxygen atoms in total. The number of carbonyl (C=O) groups excluding carboxylic acids is 1. The molecule has 0 radical (unpaired) electrons. The minimum Gasteiger partial charge on any atom is -0.496 e. The van der Waals surface area contributed by atoms with Crippen LogP contribution in [0.25, 0.3) is 0 Å². The third kappa shape index (κ3) is 4.27. The van der Waals surface area contributed by atoms with Crippen LogP contribution in [0, 0.1) is 11.3 Å². The van der Waals surface area contributed by atoms with Gasteiger partial charge in [0.25, 0.3) is 0 Å². The lowest BCUT2D eigenvalue weighted by Crippen LogP contribution is -2.35. The molecule has 0 spiro atoms. The number of nitrogens with zero attached hydrogens (tertiary/aromatic N) is 2. The summed E-state index contributed by atoms with van der Waals surface area (Å²) in [5, 5.41) is 11.9. The normalized spacial score (nSPS) is 9.79. The monoisotopic (exact) mass is 261 g/mol. The molecule has 0 saturated carbocycles. The second-order valence-corrected chi connectivity index (χ2v) is 4.15. The van der Waals surface area contributed by atoms with Gasteiger partial charge in [0.05, 0.1) is 25.3 Å². The molecule has 0 bridgehead atoms. The van der Waals surface area contributed by atoms with Crippen LogP contribution in [-0.2, 0) is 11.3 Å². The summed E-state index contributed by atoms with van der Waals surface area (Å²) in [6.07, 6.45) is 0. The summed E-state index contributed by atoms with van der Waals surface area (Å²) < 4.78 is 5.23. The molecule has 0 heterocycles. The fraction of sp³-hybridized carbons (Fsp3) is 0.429. The molecule has 0 fully saturated rings. The van der Waals surface area contributed by atoms with Crippen molar-refractivity contribution in [3.8, 4) is 11.8 Å². The highest BCUT2D eigenvalue weighted by atomic mass is 16.5. The van der Waals surface area contributed by atoms with E-state index < -0.39 is 0 Å². The van der Waals surface area contributed by atoms with Crippen LogP contribution < -0.4 is 10.1 Å². The lowest BCUT2D eigenvalue weighted by Gasteiger charge is -2.15. The van der Waals surface area contributed by atoms with Crippen LogP contribution >= 0.6 is 0 Å². The van der Waals surface area contributed by atoms with E-state index in [0.29, 0.717) is 24.4 Å². The van der Waals surface area contributed by atoms with Crippen molar-refractivity contribution in [2.45, 2.75) is 13.5 Å². The van der Waals surface area contributed by atoms with Crippen LogP contribution in [0.5, 0.6) is 5.75 Å². The molecular formula is C14H19N3O2. The van der Waals surface area contributed by atoms with Crippen molar-refractivity contribution in [3.63, 3.8) is 0 Å². The van der Waals surface area contributed by atoms with Gasteiger partial charge in [-0.3, -0.25) is 4.79 Å². The van der Waals surface area contributed by atoms with Gasteiger partial charge in [0, 0.05) is 25.7 Å². The predicted molar refractivity (Wildman–Crippen MR) is 72.7 cm³/mol. The summed E-state index contributed by atoms with van der Waals surface area (Å²) >= 11 is 0. The SMILES string of the molecule is CCN(C)C(=O)CNCc1cc(C#N)ccc1OC. The summed E-state index contributed by atoms with van der Waals surface area (Å²) in [5.74, 6) is 0.751. The molecular weight excluding hydrogens is 242 g/mol. The van der Waals surface area contributed by atoms with Gasteiger partial charge in [0.15, 0.2) is 0 Å². The third-order valence-electron chi connectivity index (χ3n) is 2.90. The van der Waals surface area contributed by atoms with Gasteiger partial charge < -0.3 is 15.0 Å². The van der Waals surface area contributed by atoms with E-state index in [1.165, 1.54) is 0 Å². The predicted octanol–water partition coefficient (Wildman–Crippen LogP) is 1.13. The summed E-state index contributed by atoms with van der Waals surface area (Å²) in [4.78, 5) is 13.3. The lowest BCUT2D eigenvalue weighted by molar-refractivity contribution is -0.128. The largest absolute Gasteiger partial charge is 0.496 e. The van der Waals surface area contributed by atoms with E-state index in [1.807, 2.05) is 6.92 Å². The smallest absolute Gasteiger partial charge is 0.236 e. The zero-order valence-electron chi connectivity index (χ0n) is 11.6. The summed E-state index contributed by atoms with van der Waals surface area (Å²) in [5.41, 5.74) is 1.45. The number of hydrogen-bond donors (Lipinski definition) is 1. The Bertz CT molecular complexity index is 480. The summed E-state index contributed by atoms with van der Waals surface area (Å²) in [7, 11) is 3.35. The molecule has 0 aromatic heterocycles. The Morgan fingerprint density at radius 3 is 2.84 bits per heavy atom. The first-order valence-electron chi connectivity index (χ1n) is 6.14. The van der Waals surface area contributed by atoms with E-state index >= 15 is 0 Å². The molecule has 1 aromatic carbocycles. The number of nitriles is 1. The van der Waals surface area contributed by atoms with Crippen LogP contribution in [0.15, 0.2) is 18.2 Å². The van der Waals surface area contributed by atoms with Crippen molar-refractivity contribution in [1.82, 2.24) is 10.2 Å². The van der Waals surface area contributed by atoms with Gasteiger partial charge in [-0.05, 0) is 25.1 Å². The van der Waals surface area contributed by atoms with Crippen molar-refractivity contribution in [1.29, 1.82) is 5.26 Å². The van der Waals surface area contributed by atoms with Crippen molar-refractivity contribution in [2.24, 2.45) is 0 Å². The molecule has 19 heavy (non-hydrogen) atoms. The Morgan fingerprint density at radius 1 is 1.53 bits per heavy atom. The highest BCUT2D eigenvalue weighted by Gasteiger charge is 2.08. The molecule has 102 valence electrons. The minimum absolute atomic E-state index is 0.0397. The summed E-state index contributed by atoms with van der Waals surface area (Å²) in [6, 6.07) is 7.32. The molecule has 0 saturated heterocycles. The number of likely N-dealkylation sites (N-methyl/N-ethyl adjacent to an activating group) is 1. The lowest BCUT2D eigenvalue weighted by atomic mass is 10.1. The van der Waals surface area contributed by atoms with Crippen LogP contribution in [0.1, 0.15) is 18.1 Å². The molecule has 1 rings (SSSR count). The number of carbonyl (C=O) groups is 1. The molecule has 1 amide bonds. The number of rotatable bonds is 6. The first-order chi connectivity index (χ1) is 9.12. The molecule has 0 unspecified atom stereocenters. The van der Waals surface area contributed by atoms with E-state index in [2.05, 4.69) is 11.4 Å². The molecule has 1 N–H and O–H groups in total. The van der Waals surface area contributed by atoms with Gasteiger partial charge in [0.1, 0.15) is 5.75 Å². The third-order valence-corrected chi connectivity index (χ3v) is 2.90. The van der Waals surface area contributed by atoms with Crippen molar-refractivity contribution >= 4 is 5.91 Å². The second kappa shape index (κ2) is 7.39. The number of amides is 1. The van der Waals surface area contributed by atoms with Crippen LogP contribution in [-0.4, -0.2) is 38.1 Å².